The van der Waals surface area contributed by atoms with E-state index in [4.69, 9.17) is 0 Å². The molecule has 1 N–H and O–H groups in total. The maximum absolute atomic E-state index is 12.8. The molecule has 21 heavy (non-hydrogen) atoms. The number of piperidine rings is 1. The third-order valence-corrected chi connectivity index (χ3v) is 4.14. The maximum atomic E-state index is 12.8. The zero-order chi connectivity index (χ0) is 14.9. The quantitative estimate of drug-likeness (QED) is 0.863. The highest BCUT2D eigenvalue weighted by molar-refractivity contribution is 5.81. The van der Waals surface area contributed by atoms with E-state index in [2.05, 4.69) is 15.2 Å². The summed E-state index contributed by atoms with van der Waals surface area (Å²) in [4.78, 5) is 6.58. The van der Waals surface area contributed by atoms with Gasteiger partial charge in [0.15, 0.2) is 5.96 Å². The monoisotopic (exact) mass is 297 g/mol. The van der Waals surface area contributed by atoms with Gasteiger partial charge in [-0.2, -0.15) is 13.2 Å². The largest absolute Gasteiger partial charge is 0.416 e. The predicted octanol–water partition coefficient (Wildman–Crippen LogP) is 2.84. The van der Waals surface area contributed by atoms with E-state index in [0.29, 0.717) is 0 Å². The lowest BCUT2D eigenvalue weighted by molar-refractivity contribution is -0.137. The normalized spacial score (nSPS) is 20.3. The number of likely N-dealkylation sites (tertiary alicyclic amines) is 1. The molecular formula is C15H18F3N3. The van der Waals surface area contributed by atoms with Crippen LogP contribution in [0, 0.1) is 0 Å². The molecule has 114 valence electrons. The van der Waals surface area contributed by atoms with Gasteiger partial charge in [-0.1, -0.05) is 18.2 Å². The van der Waals surface area contributed by atoms with Crippen LogP contribution in [-0.2, 0) is 6.18 Å². The van der Waals surface area contributed by atoms with E-state index < -0.39 is 11.7 Å². The van der Waals surface area contributed by atoms with Gasteiger partial charge in [0.1, 0.15) is 0 Å². The molecule has 0 aromatic heterocycles. The standard InChI is InChI=1S/C15H18F3N3/c16-15(17,18)13-3-1-2-12(10-13)11-4-8-21(9-5-11)14-19-6-7-20-14/h1-3,10-11H,4-9H2,(H,19,20). The van der Waals surface area contributed by atoms with Crippen LogP contribution >= 0.6 is 0 Å². The number of nitrogens with zero attached hydrogens (tertiary/aromatic N) is 2. The van der Waals surface area contributed by atoms with Gasteiger partial charge in [-0.3, -0.25) is 4.99 Å². The Hall–Kier alpha value is -1.72. The smallest absolute Gasteiger partial charge is 0.354 e. The van der Waals surface area contributed by atoms with Gasteiger partial charge in [0.2, 0.25) is 0 Å². The second-order valence-corrected chi connectivity index (χ2v) is 5.52. The summed E-state index contributed by atoms with van der Waals surface area (Å²) in [5.41, 5.74) is 0.245. The van der Waals surface area contributed by atoms with Crippen LogP contribution in [0.4, 0.5) is 13.2 Å². The maximum Gasteiger partial charge on any atom is 0.416 e. The summed E-state index contributed by atoms with van der Waals surface area (Å²) in [5, 5.41) is 3.24. The SMILES string of the molecule is FC(F)(F)c1cccc(C2CCN(C3=NCCN3)CC2)c1. The Morgan fingerprint density at radius 2 is 1.95 bits per heavy atom. The fourth-order valence-electron chi connectivity index (χ4n) is 2.99. The second-order valence-electron chi connectivity index (χ2n) is 5.52. The third kappa shape index (κ3) is 3.14. The van der Waals surface area contributed by atoms with Crippen molar-refractivity contribution in [1.82, 2.24) is 10.2 Å². The molecule has 1 saturated heterocycles. The van der Waals surface area contributed by atoms with Gasteiger partial charge in [0.25, 0.3) is 0 Å². The number of alkyl halides is 3. The van der Waals surface area contributed by atoms with E-state index in [-0.39, 0.29) is 5.92 Å². The molecule has 3 nitrogen and oxygen atoms in total. The Balaban J connectivity index is 1.67. The molecule has 0 unspecified atom stereocenters. The topological polar surface area (TPSA) is 27.6 Å². The third-order valence-electron chi connectivity index (χ3n) is 4.14. The first-order valence-corrected chi connectivity index (χ1v) is 7.24. The average molecular weight is 297 g/mol. The first-order chi connectivity index (χ1) is 10.0. The second kappa shape index (κ2) is 5.58. The van der Waals surface area contributed by atoms with Crippen molar-refractivity contribution >= 4 is 5.96 Å². The predicted molar refractivity (Wildman–Crippen MR) is 75.3 cm³/mol. The lowest BCUT2D eigenvalue weighted by Crippen LogP contribution is -2.43. The summed E-state index contributed by atoms with van der Waals surface area (Å²) in [6.45, 7) is 3.37. The van der Waals surface area contributed by atoms with E-state index in [1.54, 1.807) is 6.07 Å². The van der Waals surface area contributed by atoms with Crippen molar-refractivity contribution in [3.63, 3.8) is 0 Å². The van der Waals surface area contributed by atoms with Crippen molar-refractivity contribution in [2.45, 2.75) is 24.9 Å². The zero-order valence-electron chi connectivity index (χ0n) is 11.7. The van der Waals surface area contributed by atoms with Gasteiger partial charge >= 0.3 is 6.18 Å². The number of nitrogens with one attached hydrogen (secondary N) is 1. The molecule has 3 rings (SSSR count). The van der Waals surface area contributed by atoms with E-state index in [1.165, 1.54) is 12.1 Å². The van der Waals surface area contributed by atoms with Crippen LogP contribution in [0.2, 0.25) is 0 Å². The van der Waals surface area contributed by atoms with Crippen molar-refractivity contribution in [2.24, 2.45) is 4.99 Å². The fourth-order valence-corrected chi connectivity index (χ4v) is 2.99. The number of guanidine groups is 1. The van der Waals surface area contributed by atoms with Gasteiger partial charge in [0, 0.05) is 19.6 Å². The van der Waals surface area contributed by atoms with Crippen LogP contribution in [0.25, 0.3) is 0 Å². The number of hydrogen-bond acceptors (Lipinski definition) is 3. The zero-order valence-corrected chi connectivity index (χ0v) is 11.7. The molecule has 2 aliphatic heterocycles. The minimum atomic E-state index is -4.26. The fraction of sp³-hybridized carbons (Fsp3) is 0.533. The van der Waals surface area contributed by atoms with E-state index in [1.807, 2.05) is 0 Å². The summed E-state index contributed by atoms with van der Waals surface area (Å²) < 4.78 is 38.3. The molecule has 1 aromatic carbocycles. The average Bonchev–Trinajstić information content (AvgIpc) is 3.01. The molecule has 2 aliphatic rings. The van der Waals surface area contributed by atoms with Crippen LogP contribution in [0.5, 0.6) is 0 Å². The molecule has 0 saturated carbocycles. The lowest BCUT2D eigenvalue weighted by Gasteiger charge is -2.33. The molecule has 0 atom stereocenters. The number of aliphatic imine (C=N–C) groups is 1. The highest BCUT2D eigenvalue weighted by Gasteiger charge is 2.31. The van der Waals surface area contributed by atoms with Crippen LogP contribution in [0.1, 0.15) is 29.9 Å². The molecule has 0 aliphatic carbocycles. The van der Waals surface area contributed by atoms with Crippen molar-refractivity contribution in [1.29, 1.82) is 0 Å². The summed E-state index contributed by atoms with van der Waals surface area (Å²) in [6, 6.07) is 5.75. The molecule has 2 heterocycles. The molecule has 0 amide bonds. The van der Waals surface area contributed by atoms with Crippen LogP contribution < -0.4 is 5.32 Å². The van der Waals surface area contributed by atoms with Gasteiger partial charge < -0.3 is 10.2 Å². The summed E-state index contributed by atoms with van der Waals surface area (Å²) in [6.07, 6.45) is -2.54. The number of rotatable bonds is 1. The Morgan fingerprint density at radius 3 is 2.57 bits per heavy atom. The molecule has 1 aromatic rings. The Labute approximate surface area is 121 Å². The molecule has 1 fully saturated rings. The first kappa shape index (κ1) is 14.2. The lowest BCUT2D eigenvalue weighted by atomic mass is 9.88. The van der Waals surface area contributed by atoms with Crippen molar-refractivity contribution in [2.75, 3.05) is 26.2 Å². The molecule has 0 bridgehead atoms. The molecule has 6 heteroatoms. The molecular weight excluding hydrogens is 279 g/mol. The van der Waals surface area contributed by atoms with Gasteiger partial charge in [-0.25, -0.2) is 0 Å². The van der Waals surface area contributed by atoms with Crippen molar-refractivity contribution < 1.29 is 13.2 Å². The molecule has 0 spiro atoms. The van der Waals surface area contributed by atoms with E-state index in [9.17, 15) is 13.2 Å². The van der Waals surface area contributed by atoms with Gasteiger partial charge in [-0.05, 0) is 30.4 Å². The highest BCUT2D eigenvalue weighted by atomic mass is 19.4. The van der Waals surface area contributed by atoms with Crippen molar-refractivity contribution in [3.05, 3.63) is 35.4 Å². The summed E-state index contributed by atoms with van der Waals surface area (Å²) >= 11 is 0. The number of halogens is 3. The van der Waals surface area contributed by atoms with E-state index in [0.717, 1.165) is 56.6 Å². The number of benzene rings is 1. The Bertz CT molecular complexity index is 531. The molecule has 0 radical (unpaired) electrons. The minimum absolute atomic E-state index is 0.200. The summed E-state index contributed by atoms with van der Waals surface area (Å²) in [5.74, 6) is 1.14. The summed E-state index contributed by atoms with van der Waals surface area (Å²) in [7, 11) is 0. The van der Waals surface area contributed by atoms with Gasteiger partial charge in [-0.15, -0.1) is 0 Å². The highest BCUT2D eigenvalue weighted by Crippen LogP contribution is 2.34. The minimum Gasteiger partial charge on any atom is -0.354 e. The van der Waals surface area contributed by atoms with Crippen LogP contribution in [0.3, 0.4) is 0 Å². The van der Waals surface area contributed by atoms with Crippen LogP contribution in [-0.4, -0.2) is 37.0 Å². The Morgan fingerprint density at radius 1 is 1.19 bits per heavy atom. The Kier molecular flexibility index (Phi) is 3.78. The van der Waals surface area contributed by atoms with Gasteiger partial charge in [0.05, 0.1) is 12.1 Å². The van der Waals surface area contributed by atoms with Crippen molar-refractivity contribution in [3.8, 4) is 0 Å². The van der Waals surface area contributed by atoms with E-state index >= 15 is 0 Å². The van der Waals surface area contributed by atoms with Crippen LogP contribution in [0.15, 0.2) is 29.3 Å². The number of hydrogen-bond donors (Lipinski definition) is 1. The first-order valence-electron chi connectivity index (χ1n) is 7.24.